The molecule has 5 heteroatoms. The molecule has 1 unspecified atom stereocenters. The molecule has 0 spiro atoms. The molecule has 21 heavy (non-hydrogen) atoms. The van der Waals surface area contributed by atoms with Crippen molar-refractivity contribution < 1.29 is 4.74 Å². The lowest BCUT2D eigenvalue weighted by Crippen LogP contribution is -2.31. The number of nitrogens with two attached hydrogens (primary N) is 1. The topological polar surface area (TPSA) is 73.1 Å². The van der Waals surface area contributed by atoms with Gasteiger partial charge in [0.2, 0.25) is 5.88 Å². The van der Waals surface area contributed by atoms with Crippen molar-refractivity contribution in [3.8, 4) is 5.88 Å². The fraction of sp³-hybridized carbons (Fsp3) is 0.375. The predicted molar refractivity (Wildman–Crippen MR) is 84.5 cm³/mol. The van der Waals surface area contributed by atoms with Gasteiger partial charge in [-0.3, -0.25) is 0 Å². The predicted octanol–water partition coefficient (Wildman–Crippen LogP) is 2.17. The van der Waals surface area contributed by atoms with Gasteiger partial charge in [-0.2, -0.15) is 4.98 Å². The van der Waals surface area contributed by atoms with Crippen molar-refractivity contribution in [3.05, 3.63) is 47.8 Å². The fourth-order valence-corrected chi connectivity index (χ4v) is 2.14. The summed E-state index contributed by atoms with van der Waals surface area (Å²) in [5.74, 6) is 2.01. The van der Waals surface area contributed by atoms with E-state index < -0.39 is 0 Å². The van der Waals surface area contributed by atoms with Crippen LogP contribution in [0.2, 0.25) is 0 Å². The highest BCUT2D eigenvalue weighted by Crippen LogP contribution is 2.15. The number of rotatable bonds is 7. The minimum atomic E-state index is 0.121. The van der Waals surface area contributed by atoms with E-state index in [-0.39, 0.29) is 6.04 Å². The van der Waals surface area contributed by atoms with Gasteiger partial charge in [-0.15, -0.1) is 0 Å². The van der Waals surface area contributed by atoms with Crippen LogP contribution in [0.4, 0.5) is 5.82 Å². The molecule has 0 saturated heterocycles. The van der Waals surface area contributed by atoms with Crippen molar-refractivity contribution in [2.45, 2.75) is 26.3 Å². The van der Waals surface area contributed by atoms with Crippen molar-refractivity contribution in [2.24, 2.45) is 5.73 Å². The molecule has 1 heterocycles. The number of nitrogens with zero attached hydrogens (tertiary/aromatic N) is 2. The minimum Gasteiger partial charge on any atom is -0.478 e. The van der Waals surface area contributed by atoms with E-state index in [1.54, 1.807) is 0 Å². The van der Waals surface area contributed by atoms with Crippen LogP contribution in [0, 0.1) is 6.92 Å². The van der Waals surface area contributed by atoms with E-state index in [1.165, 1.54) is 5.56 Å². The third kappa shape index (κ3) is 4.72. The van der Waals surface area contributed by atoms with Gasteiger partial charge in [-0.25, -0.2) is 4.98 Å². The van der Waals surface area contributed by atoms with E-state index in [0.717, 1.165) is 12.2 Å². The molecule has 1 aromatic heterocycles. The smallest absolute Gasteiger partial charge is 0.218 e. The zero-order valence-corrected chi connectivity index (χ0v) is 12.5. The Morgan fingerprint density at radius 3 is 2.67 bits per heavy atom. The number of hydrogen-bond donors (Lipinski definition) is 2. The van der Waals surface area contributed by atoms with Gasteiger partial charge < -0.3 is 15.8 Å². The SMILES string of the molecule is CCOc1cc(NC(CN)Cc2ccccc2)nc(C)n1. The zero-order valence-electron chi connectivity index (χ0n) is 12.5. The molecule has 0 aliphatic carbocycles. The Bertz CT molecular complexity index is 559. The Morgan fingerprint density at radius 1 is 1.24 bits per heavy atom. The van der Waals surface area contributed by atoms with Crippen molar-refractivity contribution in [1.82, 2.24) is 9.97 Å². The summed E-state index contributed by atoms with van der Waals surface area (Å²) in [6.45, 7) is 4.90. The lowest BCUT2D eigenvalue weighted by atomic mass is 10.1. The monoisotopic (exact) mass is 286 g/mol. The van der Waals surface area contributed by atoms with Crippen LogP contribution in [0.1, 0.15) is 18.3 Å². The number of hydrogen-bond acceptors (Lipinski definition) is 5. The summed E-state index contributed by atoms with van der Waals surface area (Å²) in [7, 11) is 0. The maximum atomic E-state index is 5.87. The summed E-state index contributed by atoms with van der Waals surface area (Å²) < 4.78 is 5.44. The van der Waals surface area contributed by atoms with Crippen LogP contribution in [0.25, 0.3) is 0 Å². The van der Waals surface area contributed by atoms with E-state index >= 15 is 0 Å². The highest BCUT2D eigenvalue weighted by Gasteiger charge is 2.10. The molecular weight excluding hydrogens is 264 g/mol. The van der Waals surface area contributed by atoms with Crippen LogP contribution in [0.5, 0.6) is 5.88 Å². The van der Waals surface area contributed by atoms with Gasteiger partial charge in [0.15, 0.2) is 0 Å². The van der Waals surface area contributed by atoms with E-state index in [1.807, 2.05) is 38.1 Å². The van der Waals surface area contributed by atoms with E-state index in [4.69, 9.17) is 10.5 Å². The second-order valence-corrected chi connectivity index (χ2v) is 4.84. The standard InChI is InChI=1S/C16H22N4O/c1-3-21-16-10-15(18-12(2)19-16)20-14(11-17)9-13-7-5-4-6-8-13/h4-8,10,14H,3,9,11,17H2,1-2H3,(H,18,19,20). The molecule has 1 aromatic carbocycles. The van der Waals surface area contributed by atoms with Crippen molar-refractivity contribution in [2.75, 3.05) is 18.5 Å². The largest absolute Gasteiger partial charge is 0.478 e. The molecule has 0 radical (unpaired) electrons. The Kier molecular flexibility index (Phi) is 5.51. The number of benzene rings is 1. The number of nitrogens with one attached hydrogen (secondary N) is 1. The van der Waals surface area contributed by atoms with Crippen molar-refractivity contribution in [3.63, 3.8) is 0 Å². The number of aromatic nitrogens is 2. The number of aryl methyl sites for hydroxylation is 1. The molecule has 1 atom stereocenters. The molecule has 2 rings (SSSR count). The third-order valence-corrected chi connectivity index (χ3v) is 3.07. The maximum absolute atomic E-state index is 5.87. The molecule has 2 aromatic rings. The van der Waals surface area contributed by atoms with Gasteiger partial charge in [-0.05, 0) is 25.8 Å². The van der Waals surface area contributed by atoms with Gasteiger partial charge in [0.25, 0.3) is 0 Å². The second-order valence-electron chi connectivity index (χ2n) is 4.84. The first-order valence-corrected chi connectivity index (χ1v) is 7.20. The summed E-state index contributed by atoms with van der Waals surface area (Å²) in [4.78, 5) is 8.62. The number of ether oxygens (including phenoxy) is 1. The Balaban J connectivity index is 2.07. The maximum Gasteiger partial charge on any atom is 0.218 e. The highest BCUT2D eigenvalue weighted by molar-refractivity contribution is 5.40. The molecule has 0 fully saturated rings. The first kappa shape index (κ1) is 15.3. The lowest BCUT2D eigenvalue weighted by Gasteiger charge is -2.18. The van der Waals surface area contributed by atoms with Crippen molar-refractivity contribution in [1.29, 1.82) is 0 Å². The fourth-order valence-electron chi connectivity index (χ4n) is 2.14. The van der Waals surface area contributed by atoms with Gasteiger partial charge in [-0.1, -0.05) is 30.3 Å². The first-order chi connectivity index (χ1) is 10.2. The van der Waals surface area contributed by atoms with Gasteiger partial charge in [0.1, 0.15) is 11.6 Å². The summed E-state index contributed by atoms with van der Waals surface area (Å²) in [6.07, 6.45) is 0.852. The molecule has 0 aliphatic heterocycles. The van der Waals surface area contributed by atoms with Crippen LogP contribution in [-0.2, 0) is 6.42 Å². The Labute approximate surface area is 125 Å². The Hall–Kier alpha value is -2.14. The quantitative estimate of drug-likeness (QED) is 0.816. The molecule has 0 saturated carbocycles. The van der Waals surface area contributed by atoms with Gasteiger partial charge in [0, 0.05) is 18.7 Å². The van der Waals surface area contributed by atoms with Crippen LogP contribution in [-0.4, -0.2) is 29.2 Å². The summed E-state index contributed by atoms with van der Waals surface area (Å²) in [5.41, 5.74) is 7.11. The minimum absolute atomic E-state index is 0.121. The van der Waals surface area contributed by atoms with Gasteiger partial charge >= 0.3 is 0 Å². The summed E-state index contributed by atoms with van der Waals surface area (Å²) in [5, 5.41) is 3.36. The molecule has 0 aliphatic rings. The molecule has 5 nitrogen and oxygen atoms in total. The second kappa shape index (κ2) is 7.59. The van der Waals surface area contributed by atoms with Crippen molar-refractivity contribution >= 4 is 5.82 Å². The van der Waals surface area contributed by atoms with Crippen LogP contribution in [0.3, 0.4) is 0 Å². The number of anilines is 1. The molecule has 3 N–H and O–H groups in total. The summed E-state index contributed by atoms with van der Waals surface area (Å²) >= 11 is 0. The average molecular weight is 286 g/mol. The normalized spacial score (nSPS) is 12.0. The average Bonchev–Trinajstić information content (AvgIpc) is 2.47. The zero-order chi connectivity index (χ0) is 15.1. The molecule has 112 valence electrons. The van der Waals surface area contributed by atoms with Crippen LogP contribution < -0.4 is 15.8 Å². The molecule has 0 bridgehead atoms. The first-order valence-electron chi connectivity index (χ1n) is 7.20. The lowest BCUT2D eigenvalue weighted by molar-refractivity contribution is 0.325. The molecule has 0 amide bonds. The van der Waals surface area contributed by atoms with Crippen LogP contribution in [0.15, 0.2) is 36.4 Å². The third-order valence-electron chi connectivity index (χ3n) is 3.07. The van der Waals surface area contributed by atoms with Gasteiger partial charge in [0.05, 0.1) is 6.61 Å². The van der Waals surface area contributed by atoms with Crippen LogP contribution >= 0.6 is 0 Å². The highest BCUT2D eigenvalue weighted by atomic mass is 16.5. The molecular formula is C16H22N4O. The van der Waals surface area contributed by atoms with E-state index in [0.29, 0.717) is 24.9 Å². The summed E-state index contributed by atoms with van der Waals surface area (Å²) in [6, 6.07) is 12.2. The Morgan fingerprint density at radius 2 is 2.00 bits per heavy atom. The van der Waals surface area contributed by atoms with E-state index in [9.17, 15) is 0 Å². The van der Waals surface area contributed by atoms with E-state index in [2.05, 4.69) is 27.4 Å².